The van der Waals surface area contributed by atoms with Gasteiger partial charge in [0.15, 0.2) is 0 Å². The molecule has 92 valence electrons. The fraction of sp³-hybridized carbons (Fsp3) is 0.125. The summed E-state index contributed by atoms with van der Waals surface area (Å²) >= 11 is 4.70. The molecule has 0 radical (unpaired) electrons. The number of aromatic hydroxyl groups is 1. The van der Waals surface area contributed by atoms with Gasteiger partial charge in [-0.3, -0.25) is 0 Å². The third-order valence-corrected chi connectivity index (χ3v) is 3.63. The van der Waals surface area contributed by atoms with E-state index in [-0.39, 0.29) is 16.9 Å². The van der Waals surface area contributed by atoms with Crippen molar-refractivity contribution in [3.8, 4) is 5.75 Å². The topological polar surface area (TPSA) is 20.2 Å². The van der Waals surface area contributed by atoms with Crippen molar-refractivity contribution in [1.82, 2.24) is 0 Å². The first-order valence-electron chi connectivity index (χ1n) is 5.87. The van der Waals surface area contributed by atoms with Crippen molar-refractivity contribution in [3.05, 3.63) is 78.4 Å². The highest BCUT2D eigenvalue weighted by Gasteiger charge is 2.18. The third-order valence-electron chi connectivity index (χ3n) is 3.01. The Morgan fingerprint density at radius 2 is 1.56 bits per heavy atom. The average Bonchev–Trinajstić information content (AvgIpc) is 2.42. The van der Waals surface area contributed by atoms with Gasteiger partial charge >= 0.3 is 0 Å². The van der Waals surface area contributed by atoms with Crippen LogP contribution >= 0.6 is 12.6 Å². The number of phenols is 1. The average molecular weight is 256 g/mol. The van der Waals surface area contributed by atoms with E-state index < -0.39 is 0 Å². The first kappa shape index (κ1) is 12.8. The second-order valence-electron chi connectivity index (χ2n) is 4.21. The molecule has 0 aliphatic carbocycles. The zero-order valence-electron chi connectivity index (χ0n) is 10.0. The summed E-state index contributed by atoms with van der Waals surface area (Å²) < 4.78 is 0. The van der Waals surface area contributed by atoms with Gasteiger partial charge in [0, 0.05) is 11.2 Å². The van der Waals surface area contributed by atoms with Crippen molar-refractivity contribution >= 4 is 12.6 Å². The van der Waals surface area contributed by atoms with Crippen molar-refractivity contribution in [1.29, 1.82) is 0 Å². The Hall–Kier alpha value is -1.67. The van der Waals surface area contributed by atoms with Crippen molar-refractivity contribution in [3.63, 3.8) is 0 Å². The van der Waals surface area contributed by atoms with E-state index in [4.69, 9.17) is 12.6 Å². The van der Waals surface area contributed by atoms with Crippen LogP contribution in [0.1, 0.15) is 22.3 Å². The highest BCUT2D eigenvalue weighted by atomic mass is 32.1. The van der Waals surface area contributed by atoms with E-state index in [1.54, 1.807) is 12.1 Å². The summed E-state index contributed by atoms with van der Waals surface area (Å²) in [5.74, 6) is 0.397. The van der Waals surface area contributed by atoms with Gasteiger partial charge in [-0.2, -0.15) is 12.6 Å². The zero-order chi connectivity index (χ0) is 13.0. The number of hydrogen-bond acceptors (Lipinski definition) is 2. The van der Waals surface area contributed by atoms with Crippen molar-refractivity contribution in [2.45, 2.75) is 11.2 Å². The molecule has 2 unspecified atom stereocenters. The van der Waals surface area contributed by atoms with Crippen LogP contribution in [0.4, 0.5) is 0 Å². The summed E-state index contributed by atoms with van der Waals surface area (Å²) in [7, 11) is 0. The smallest absolute Gasteiger partial charge is 0.115 e. The van der Waals surface area contributed by atoms with E-state index in [1.807, 2.05) is 36.4 Å². The van der Waals surface area contributed by atoms with Crippen LogP contribution in [0.2, 0.25) is 0 Å². The van der Waals surface area contributed by atoms with Gasteiger partial charge in [0.25, 0.3) is 0 Å². The highest BCUT2D eigenvalue weighted by Crippen LogP contribution is 2.37. The molecule has 0 bridgehead atoms. The van der Waals surface area contributed by atoms with Crippen molar-refractivity contribution < 1.29 is 5.11 Å². The Kier molecular flexibility index (Phi) is 4.11. The first-order chi connectivity index (χ1) is 8.72. The largest absolute Gasteiger partial charge is 0.508 e. The molecule has 2 heteroatoms. The standard InChI is InChI=1S/C16H16OS/c1-2-15(12-8-10-14(17)11-9-12)16(18)13-6-4-3-5-7-13/h2-11,15-18H,1H2. The molecule has 2 rings (SSSR count). The molecule has 0 aromatic heterocycles. The number of allylic oxidation sites excluding steroid dienone is 1. The predicted molar refractivity (Wildman–Crippen MR) is 79.2 cm³/mol. The van der Waals surface area contributed by atoms with E-state index in [0.29, 0.717) is 0 Å². The van der Waals surface area contributed by atoms with Gasteiger partial charge < -0.3 is 5.11 Å². The zero-order valence-corrected chi connectivity index (χ0v) is 10.9. The van der Waals surface area contributed by atoms with Crippen molar-refractivity contribution in [2.75, 3.05) is 0 Å². The number of rotatable bonds is 4. The summed E-state index contributed by atoms with van der Waals surface area (Å²) in [6.45, 7) is 3.90. The number of thiol groups is 1. The molecule has 2 atom stereocenters. The highest BCUT2D eigenvalue weighted by molar-refractivity contribution is 7.80. The first-order valence-corrected chi connectivity index (χ1v) is 6.38. The number of phenolic OH excluding ortho intramolecular Hbond substituents is 1. The lowest BCUT2D eigenvalue weighted by atomic mass is 9.91. The molecule has 0 amide bonds. The molecular weight excluding hydrogens is 240 g/mol. The Morgan fingerprint density at radius 3 is 2.11 bits per heavy atom. The minimum Gasteiger partial charge on any atom is -0.508 e. The Balaban J connectivity index is 2.29. The third kappa shape index (κ3) is 2.77. The van der Waals surface area contributed by atoms with Crippen LogP contribution < -0.4 is 0 Å². The maximum atomic E-state index is 9.32. The Morgan fingerprint density at radius 1 is 0.944 bits per heavy atom. The van der Waals surface area contributed by atoms with Gasteiger partial charge in [-0.1, -0.05) is 48.5 Å². The summed E-state index contributed by atoms with van der Waals surface area (Å²) in [6, 6.07) is 17.3. The quantitative estimate of drug-likeness (QED) is 0.616. The van der Waals surface area contributed by atoms with Crippen LogP contribution in [0.3, 0.4) is 0 Å². The molecule has 0 spiro atoms. The van der Waals surface area contributed by atoms with Crippen molar-refractivity contribution in [2.24, 2.45) is 0 Å². The van der Waals surface area contributed by atoms with E-state index in [0.717, 1.165) is 5.56 Å². The molecule has 1 N–H and O–H groups in total. The maximum Gasteiger partial charge on any atom is 0.115 e. The van der Waals surface area contributed by atoms with Gasteiger partial charge in [0.1, 0.15) is 5.75 Å². The van der Waals surface area contributed by atoms with Crippen LogP contribution in [0.5, 0.6) is 5.75 Å². The lowest BCUT2D eigenvalue weighted by Crippen LogP contribution is -2.03. The van der Waals surface area contributed by atoms with E-state index in [1.165, 1.54) is 5.56 Å². The maximum absolute atomic E-state index is 9.32. The molecule has 18 heavy (non-hydrogen) atoms. The van der Waals surface area contributed by atoms with Gasteiger partial charge in [0.05, 0.1) is 0 Å². The van der Waals surface area contributed by atoms with Crippen LogP contribution in [-0.2, 0) is 0 Å². The van der Waals surface area contributed by atoms with Crippen LogP contribution in [0, 0.1) is 0 Å². The molecule has 0 aliphatic heterocycles. The number of hydrogen-bond donors (Lipinski definition) is 2. The molecule has 0 saturated carbocycles. The molecule has 0 heterocycles. The molecule has 0 saturated heterocycles. The monoisotopic (exact) mass is 256 g/mol. The molecule has 1 nitrogen and oxygen atoms in total. The normalized spacial score (nSPS) is 13.8. The lowest BCUT2D eigenvalue weighted by molar-refractivity contribution is 0.475. The number of benzene rings is 2. The minimum atomic E-state index is 0.0632. The summed E-state index contributed by atoms with van der Waals surface area (Å²) in [6.07, 6.45) is 1.90. The summed E-state index contributed by atoms with van der Waals surface area (Å²) in [5.41, 5.74) is 2.27. The van der Waals surface area contributed by atoms with E-state index in [9.17, 15) is 5.11 Å². The van der Waals surface area contributed by atoms with Crippen LogP contribution in [0.15, 0.2) is 67.3 Å². The second-order valence-corrected chi connectivity index (χ2v) is 4.76. The molecule has 2 aromatic rings. The van der Waals surface area contributed by atoms with Gasteiger partial charge in [-0.05, 0) is 23.3 Å². The minimum absolute atomic E-state index is 0.0632. The predicted octanol–water partition coefficient (Wildman–Crippen LogP) is 4.33. The fourth-order valence-electron chi connectivity index (χ4n) is 2.00. The van der Waals surface area contributed by atoms with Gasteiger partial charge in [0.2, 0.25) is 0 Å². The van der Waals surface area contributed by atoms with E-state index in [2.05, 4.69) is 18.7 Å². The molecule has 0 fully saturated rings. The molecule has 0 aliphatic rings. The SMILES string of the molecule is C=CC(c1ccc(O)cc1)C(S)c1ccccc1. The molecule has 2 aromatic carbocycles. The van der Waals surface area contributed by atoms with Gasteiger partial charge in [-0.15, -0.1) is 6.58 Å². The molecular formula is C16H16OS. The Labute approximate surface area is 113 Å². The van der Waals surface area contributed by atoms with Gasteiger partial charge in [-0.25, -0.2) is 0 Å². The van der Waals surface area contributed by atoms with Crippen LogP contribution in [-0.4, -0.2) is 5.11 Å². The van der Waals surface area contributed by atoms with Crippen LogP contribution in [0.25, 0.3) is 0 Å². The summed E-state index contributed by atoms with van der Waals surface area (Å²) in [4.78, 5) is 0. The van der Waals surface area contributed by atoms with E-state index >= 15 is 0 Å². The lowest BCUT2D eigenvalue weighted by Gasteiger charge is -2.21. The Bertz CT molecular complexity index is 504. The second kappa shape index (κ2) is 5.78. The fourth-order valence-corrected chi connectivity index (χ4v) is 2.47. The summed E-state index contributed by atoms with van der Waals surface area (Å²) in [5, 5.41) is 9.39.